The van der Waals surface area contributed by atoms with E-state index >= 15 is 0 Å². The van der Waals surface area contributed by atoms with Crippen LogP contribution in [0.4, 0.5) is 0 Å². The van der Waals surface area contributed by atoms with Gasteiger partial charge in [-0.25, -0.2) is 0 Å². The molecule has 0 amide bonds. The Balaban J connectivity index is 3.79. The lowest BCUT2D eigenvalue weighted by Crippen LogP contribution is -2.29. The van der Waals surface area contributed by atoms with Gasteiger partial charge >= 0.3 is 0 Å². The Hall–Kier alpha value is 0.790. The molecule has 0 rings (SSSR count). The Morgan fingerprint density at radius 2 is 1.44 bits per heavy atom. The highest BCUT2D eigenvalue weighted by molar-refractivity contribution is 6.67. The van der Waals surface area contributed by atoms with Gasteiger partial charge in [-0.05, 0) is 0 Å². The summed E-state index contributed by atoms with van der Waals surface area (Å²) in [6.07, 6.45) is -0.803. The fraction of sp³-hybridized carbons (Fsp3) is 1.00. The first-order chi connectivity index (χ1) is 4.02. The molecule has 0 bridgehead atoms. The van der Waals surface area contributed by atoms with E-state index in [0.29, 0.717) is 0 Å². The van der Waals surface area contributed by atoms with E-state index in [0.717, 1.165) is 0 Å². The molecule has 0 heterocycles. The number of halogens is 3. The van der Waals surface area contributed by atoms with Crippen molar-refractivity contribution in [2.24, 2.45) is 0 Å². The van der Waals surface area contributed by atoms with Gasteiger partial charge in [-0.1, -0.05) is 34.8 Å². The van der Waals surface area contributed by atoms with Crippen LogP contribution in [0.3, 0.4) is 0 Å². The Bertz CT molecular complexity index is 76.4. The fourth-order valence-corrected chi connectivity index (χ4v) is 0.898. The smallest absolute Gasteiger partial charge is 0.240 e. The second-order valence-electron chi connectivity index (χ2n) is 1.34. The summed E-state index contributed by atoms with van der Waals surface area (Å²) >= 11 is 16.1. The third-order valence-corrected chi connectivity index (χ3v) is 1.23. The van der Waals surface area contributed by atoms with Crippen LogP contribution >= 0.6 is 34.8 Å². The lowest BCUT2D eigenvalue weighted by Gasteiger charge is -2.20. The molecule has 5 heteroatoms. The van der Waals surface area contributed by atoms with Gasteiger partial charge in [-0.2, -0.15) is 0 Å². The molecule has 0 unspecified atom stereocenters. The molecule has 0 aliphatic rings. The average Bonchev–Trinajstić information content (AvgIpc) is 1.65. The molecule has 0 N–H and O–H groups in total. The predicted octanol–water partition coefficient (Wildman–Crippen LogP) is 1.98. The molecule has 0 aromatic heterocycles. The van der Waals surface area contributed by atoms with Gasteiger partial charge in [0.2, 0.25) is 10.1 Å². The zero-order chi connectivity index (χ0) is 7.49. The second-order valence-corrected chi connectivity index (χ2v) is 3.71. The molecule has 0 saturated heterocycles. The first-order valence-corrected chi connectivity index (χ1v) is 3.28. The lowest BCUT2D eigenvalue weighted by atomic mass is 10.7. The van der Waals surface area contributed by atoms with Crippen molar-refractivity contribution >= 4 is 34.8 Å². The van der Waals surface area contributed by atoms with Gasteiger partial charge in [-0.15, -0.1) is 0 Å². The van der Waals surface area contributed by atoms with Crippen LogP contribution in [0.1, 0.15) is 0 Å². The number of hydrogen-bond donors (Lipinski definition) is 0. The maximum atomic E-state index is 5.38. The molecule has 0 saturated carbocycles. The molecular weight excluding hydrogens is 186 g/mol. The van der Waals surface area contributed by atoms with Gasteiger partial charge in [-0.3, -0.25) is 0 Å². The summed E-state index contributed by atoms with van der Waals surface area (Å²) < 4.78 is 7.78. The van der Waals surface area contributed by atoms with Gasteiger partial charge in [0.05, 0.1) is 0 Å². The van der Waals surface area contributed by atoms with Crippen LogP contribution in [0.25, 0.3) is 0 Å². The SMILES string of the molecule is COC(OC)C(Cl)(Cl)Cl. The highest BCUT2D eigenvalue weighted by Gasteiger charge is 2.32. The summed E-state index contributed by atoms with van der Waals surface area (Å²) in [5.74, 6) is 0. The summed E-state index contributed by atoms with van der Waals surface area (Å²) in [4.78, 5) is 0. The minimum absolute atomic E-state index is 0.803. The standard InChI is InChI=1S/C4H7Cl3O2/c1-8-3(9-2)4(5,6)7/h3H,1-2H3. The first-order valence-electron chi connectivity index (χ1n) is 2.14. The molecular formula is C4H7Cl3O2. The van der Waals surface area contributed by atoms with Crippen LogP contribution in [0.15, 0.2) is 0 Å². The molecule has 0 aromatic rings. The van der Waals surface area contributed by atoms with Crippen LogP contribution in [0, 0.1) is 0 Å². The highest BCUT2D eigenvalue weighted by atomic mass is 35.6. The first kappa shape index (κ1) is 9.79. The van der Waals surface area contributed by atoms with Crippen LogP contribution < -0.4 is 0 Å². The number of rotatable bonds is 2. The van der Waals surface area contributed by atoms with Crippen molar-refractivity contribution in [3.05, 3.63) is 0 Å². The van der Waals surface area contributed by atoms with Gasteiger partial charge in [0.1, 0.15) is 0 Å². The monoisotopic (exact) mass is 192 g/mol. The van der Waals surface area contributed by atoms with Crippen molar-refractivity contribution in [1.29, 1.82) is 0 Å². The molecule has 0 spiro atoms. The predicted molar refractivity (Wildman–Crippen MR) is 38.1 cm³/mol. The molecule has 9 heavy (non-hydrogen) atoms. The quantitative estimate of drug-likeness (QED) is 0.493. The minimum Gasteiger partial charge on any atom is -0.352 e. The van der Waals surface area contributed by atoms with Crippen molar-refractivity contribution in [3.8, 4) is 0 Å². The number of ether oxygens (including phenoxy) is 2. The van der Waals surface area contributed by atoms with Gasteiger partial charge < -0.3 is 9.47 Å². The molecule has 0 atom stereocenters. The maximum Gasteiger partial charge on any atom is 0.240 e. The van der Waals surface area contributed by atoms with E-state index in [1.54, 1.807) is 0 Å². The Labute approximate surface area is 69.0 Å². The van der Waals surface area contributed by atoms with E-state index in [9.17, 15) is 0 Å². The van der Waals surface area contributed by atoms with E-state index in [4.69, 9.17) is 34.8 Å². The summed E-state index contributed by atoms with van der Waals surface area (Å²) in [6.45, 7) is 0. The number of alkyl halides is 3. The second kappa shape index (κ2) is 3.84. The van der Waals surface area contributed by atoms with Gasteiger partial charge in [0.25, 0.3) is 0 Å². The van der Waals surface area contributed by atoms with Crippen molar-refractivity contribution in [1.82, 2.24) is 0 Å². The molecule has 2 nitrogen and oxygen atoms in total. The van der Waals surface area contributed by atoms with Crippen LogP contribution in [-0.4, -0.2) is 24.3 Å². The average molecular weight is 193 g/mol. The van der Waals surface area contributed by atoms with Gasteiger partial charge in [0, 0.05) is 14.2 Å². The van der Waals surface area contributed by atoms with Crippen molar-refractivity contribution in [2.45, 2.75) is 10.1 Å². The van der Waals surface area contributed by atoms with E-state index in [-0.39, 0.29) is 0 Å². The molecule has 56 valence electrons. The Morgan fingerprint density at radius 3 is 1.44 bits per heavy atom. The van der Waals surface area contributed by atoms with Gasteiger partial charge in [0.15, 0.2) is 0 Å². The van der Waals surface area contributed by atoms with Crippen LogP contribution in [0.2, 0.25) is 0 Å². The van der Waals surface area contributed by atoms with Crippen molar-refractivity contribution in [2.75, 3.05) is 14.2 Å². The van der Waals surface area contributed by atoms with E-state index in [2.05, 4.69) is 9.47 Å². The third kappa shape index (κ3) is 3.48. The Kier molecular flexibility index (Phi) is 4.17. The minimum atomic E-state index is -1.51. The number of methoxy groups -OCH3 is 2. The van der Waals surface area contributed by atoms with Crippen LogP contribution in [0.5, 0.6) is 0 Å². The zero-order valence-electron chi connectivity index (χ0n) is 5.03. The van der Waals surface area contributed by atoms with Crippen molar-refractivity contribution in [3.63, 3.8) is 0 Å². The Morgan fingerprint density at radius 1 is 1.11 bits per heavy atom. The van der Waals surface area contributed by atoms with Crippen LogP contribution in [-0.2, 0) is 9.47 Å². The van der Waals surface area contributed by atoms with E-state index in [1.807, 2.05) is 0 Å². The van der Waals surface area contributed by atoms with E-state index < -0.39 is 10.1 Å². The summed E-state index contributed by atoms with van der Waals surface area (Å²) in [7, 11) is 2.80. The largest absolute Gasteiger partial charge is 0.352 e. The fourth-order valence-electron chi connectivity index (χ4n) is 0.363. The topological polar surface area (TPSA) is 18.5 Å². The highest BCUT2D eigenvalue weighted by Crippen LogP contribution is 2.31. The van der Waals surface area contributed by atoms with Crippen molar-refractivity contribution < 1.29 is 9.47 Å². The molecule has 0 aliphatic carbocycles. The lowest BCUT2D eigenvalue weighted by molar-refractivity contribution is -0.0981. The van der Waals surface area contributed by atoms with E-state index in [1.165, 1.54) is 14.2 Å². The normalized spacial score (nSPS) is 12.7. The molecule has 0 radical (unpaired) electrons. The maximum absolute atomic E-state index is 5.38. The summed E-state index contributed by atoms with van der Waals surface area (Å²) in [6, 6.07) is 0. The number of hydrogen-bond acceptors (Lipinski definition) is 2. The molecule has 0 aromatic carbocycles. The summed E-state index contributed by atoms with van der Waals surface area (Å²) in [5, 5.41) is 0. The molecule has 0 aliphatic heterocycles. The zero-order valence-corrected chi connectivity index (χ0v) is 7.30. The summed E-state index contributed by atoms with van der Waals surface area (Å²) in [5.41, 5.74) is 0. The molecule has 0 fully saturated rings. The third-order valence-electron chi connectivity index (χ3n) is 0.695.